The molecule has 7 nitrogen and oxygen atoms in total. The van der Waals surface area contributed by atoms with Gasteiger partial charge in [-0.05, 0) is 0 Å². The van der Waals surface area contributed by atoms with Crippen molar-refractivity contribution in [3.63, 3.8) is 0 Å². The van der Waals surface area contributed by atoms with Crippen molar-refractivity contribution in [3.05, 3.63) is 6.07 Å². The molecular weight excluding hydrogens is 210 g/mol. The molecule has 1 aromatic rings. The molecule has 1 atom stereocenters. The predicted octanol–water partition coefficient (Wildman–Crippen LogP) is -1.01. The quantitative estimate of drug-likeness (QED) is 0.591. The predicted molar refractivity (Wildman–Crippen MR) is 58.4 cm³/mol. The highest BCUT2D eigenvalue weighted by molar-refractivity contribution is 5.94. The number of nitrogens with zero attached hydrogens (tertiary/aromatic N) is 3. The number of amides is 1. The van der Waals surface area contributed by atoms with Crippen LogP contribution in [0.2, 0.25) is 0 Å². The maximum Gasteiger partial charge on any atom is 0.236 e. The zero-order valence-electron chi connectivity index (χ0n) is 8.63. The number of nitrogen functional groups attached to an aromatic ring is 2. The zero-order chi connectivity index (χ0) is 11.7. The van der Waals surface area contributed by atoms with Crippen LogP contribution >= 0.6 is 0 Å². The van der Waals surface area contributed by atoms with Crippen LogP contribution in [0.15, 0.2) is 6.07 Å². The highest BCUT2D eigenvalue weighted by Gasteiger charge is 2.31. The first-order valence-corrected chi connectivity index (χ1v) is 4.91. The van der Waals surface area contributed by atoms with Crippen LogP contribution in [-0.2, 0) is 4.79 Å². The molecule has 1 aromatic heterocycles. The number of anilines is 3. The smallest absolute Gasteiger partial charge is 0.236 e. The number of aliphatic hydroxyl groups excluding tert-OH is 1. The van der Waals surface area contributed by atoms with Crippen molar-refractivity contribution >= 4 is 23.5 Å². The summed E-state index contributed by atoms with van der Waals surface area (Å²) >= 11 is 0. The van der Waals surface area contributed by atoms with Crippen molar-refractivity contribution in [2.45, 2.75) is 6.42 Å². The molecule has 5 N–H and O–H groups in total. The molecule has 0 radical (unpaired) electrons. The third kappa shape index (κ3) is 1.89. The standard InChI is InChI=1S/C9H13N5O2/c10-6-2-7(11)13-9(12-6)14-3-5(4-15)1-8(14)16/h2,5,15H,1,3-4H2,(H4,10,11,12,13). The van der Waals surface area contributed by atoms with Crippen LogP contribution in [0.5, 0.6) is 0 Å². The Hall–Kier alpha value is -1.89. The third-order valence-corrected chi connectivity index (χ3v) is 2.46. The molecule has 2 heterocycles. The van der Waals surface area contributed by atoms with Crippen molar-refractivity contribution in [1.82, 2.24) is 9.97 Å². The number of carbonyl (C=O) groups excluding carboxylic acids is 1. The number of aliphatic hydroxyl groups is 1. The van der Waals surface area contributed by atoms with Gasteiger partial charge in [-0.3, -0.25) is 9.69 Å². The highest BCUT2D eigenvalue weighted by Crippen LogP contribution is 2.23. The van der Waals surface area contributed by atoms with E-state index in [0.29, 0.717) is 13.0 Å². The van der Waals surface area contributed by atoms with Gasteiger partial charge in [0.25, 0.3) is 0 Å². The van der Waals surface area contributed by atoms with Crippen LogP contribution in [0.1, 0.15) is 6.42 Å². The van der Waals surface area contributed by atoms with Gasteiger partial charge in [-0.15, -0.1) is 0 Å². The summed E-state index contributed by atoms with van der Waals surface area (Å²) in [7, 11) is 0. The van der Waals surface area contributed by atoms with E-state index in [9.17, 15) is 4.79 Å². The summed E-state index contributed by atoms with van der Waals surface area (Å²) in [4.78, 5) is 20.9. The lowest BCUT2D eigenvalue weighted by Crippen LogP contribution is -2.27. The lowest BCUT2D eigenvalue weighted by Gasteiger charge is -2.14. The van der Waals surface area contributed by atoms with Gasteiger partial charge >= 0.3 is 0 Å². The Balaban J connectivity index is 2.27. The van der Waals surface area contributed by atoms with Gasteiger partial charge in [0.2, 0.25) is 11.9 Å². The van der Waals surface area contributed by atoms with E-state index >= 15 is 0 Å². The zero-order valence-corrected chi connectivity index (χ0v) is 8.63. The number of carbonyl (C=O) groups is 1. The van der Waals surface area contributed by atoms with Crippen molar-refractivity contribution in [1.29, 1.82) is 0 Å². The van der Waals surface area contributed by atoms with Gasteiger partial charge in [-0.25, -0.2) is 0 Å². The van der Waals surface area contributed by atoms with Gasteiger partial charge in [-0.2, -0.15) is 9.97 Å². The molecule has 1 aliphatic rings. The Morgan fingerprint density at radius 1 is 1.44 bits per heavy atom. The van der Waals surface area contributed by atoms with Crippen molar-refractivity contribution < 1.29 is 9.90 Å². The molecule has 0 bridgehead atoms. The summed E-state index contributed by atoms with van der Waals surface area (Å²) in [5, 5.41) is 8.99. The van der Waals surface area contributed by atoms with Crippen LogP contribution in [-0.4, -0.2) is 34.1 Å². The molecule has 1 amide bonds. The summed E-state index contributed by atoms with van der Waals surface area (Å²) in [6, 6.07) is 1.42. The summed E-state index contributed by atoms with van der Waals surface area (Å²) in [6.07, 6.45) is 0.300. The fourth-order valence-corrected chi connectivity index (χ4v) is 1.69. The molecule has 86 valence electrons. The van der Waals surface area contributed by atoms with Gasteiger partial charge in [0.05, 0.1) is 0 Å². The number of rotatable bonds is 2. The largest absolute Gasteiger partial charge is 0.396 e. The monoisotopic (exact) mass is 223 g/mol. The van der Waals surface area contributed by atoms with Crippen molar-refractivity contribution in [3.8, 4) is 0 Å². The van der Waals surface area contributed by atoms with E-state index in [4.69, 9.17) is 16.6 Å². The number of nitrogens with two attached hydrogens (primary N) is 2. The van der Waals surface area contributed by atoms with E-state index < -0.39 is 0 Å². The molecule has 0 spiro atoms. The average Bonchev–Trinajstić information content (AvgIpc) is 2.58. The van der Waals surface area contributed by atoms with Gasteiger partial charge in [0, 0.05) is 31.6 Å². The first kappa shape index (κ1) is 10.6. The van der Waals surface area contributed by atoms with E-state index in [1.165, 1.54) is 11.0 Å². The molecule has 2 rings (SSSR count). The average molecular weight is 223 g/mol. The first-order chi connectivity index (χ1) is 7.60. The van der Waals surface area contributed by atoms with Crippen LogP contribution in [0, 0.1) is 5.92 Å². The molecule has 1 aliphatic heterocycles. The van der Waals surface area contributed by atoms with Crippen LogP contribution in [0.25, 0.3) is 0 Å². The lowest BCUT2D eigenvalue weighted by molar-refractivity contribution is -0.117. The molecule has 1 saturated heterocycles. The minimum absolute atomic E-state index is 0.0277. The van der Waals surface area contributed by atoms with Crippen molar-refractivity contribution in [2.24, 2.45) is 5.92 Å². The number of hydrogen-bond donors (Lipinski definition) is 3. The van der Waals surface area contributed by atoms with Crippen molar-refractivity contribution in [2.75, 3.05) is 29.5 Å². The Morgan fingerprint density at radius 3 is 2.56 bits per heavy atom. The van der Waals surface area contributed by atoms with Crippen LogP contribution in [0.4, 0.5) is 17.6 Å². The molecule has 0 saturated carbocycles. The molecular formula is C9H13N5O2. The lowest BCUT2D eigenvalue weighted by atomic mass is 10.1. The Morgan fingerprint density at radius 2 is 2.06 bits per heavy atom. The molecule has 7 heteroatoms. The minimum atomic E-state index is -0.121. The van der Waals surface area contributed by atoms with Gasteiger partial charge < -0.3 is 16.6 Å². The number of aromatic nitrogens is 2. The minimum Gasteiger partial charge on any atom is -0.396 e. The molecule has 16 heavy (non-hydrogen) atoms. The fraction of sp³-hybridized carbons (Fsp3) is 0.444. The fourth-order valence-electron chi connectivity index (χ4n) is 1.69. The molecule has 0 aliphatic carbocycles. The normalized spacial score (nSPS) is 20.4. The second kappa shape index (κ2) is 3.93. The topological polar surface area (TPSA) is 118 Å². The molecule has 1 fully saturated rings. The van der Waals surface area contributed by atoms with E-state index in [1.807, 2.05) is 0 Å². The third-order valence-electron chi connectivity index (χ3n) is 2.46. The SMILES string of the molecule is Nc1cc(N)nc(N2CC(CO)CC2=O)n1. The van der Waals surface area contributed by atoms with E-state index in [2.05, 4.69) is 9.97 Å². The molecule has 0 aromatic carbocycles. The Labute approximate surface area is 92.1 Å². The molecule has 1 unspecified atom stereocenters. The summed E-state index contributed by atoms with van der Waals surface area (Å²) in [6.45, 7) is 0.373. The first-order valence-electron chi connectivity index (χ1n) is 4.91. The second-order valence-corrected chi connectivity index (χ2v) is 3.77. The van der Waals surface area contributed by atoms with Gasteiger partial charge in [-0.1, -0.05) is 0 Å². The maximum absolute atomic E-state index is 11.6. The van der Waals surface area contributed by atoms with E-state index in [0.717, 1.165) is 0 Å². The summed E-state index contributed by atoms with van der Waals surface area (Å²) < 4.78 is 0. The summed E-state index contributed by atoms with van der Waals surface area (Å²) in [5.41, 5.74) is 11.0. The van der Waals surface area contributed by atoms with Crippen LogP contribution < -0.4 is 16.4 Å². The Kier molecular flexibility index (Phi) is 2.61. The number of hydrogen-bond acceptors (Lipinski definition) is 6. The highest BCUT2D eigenvalue weighted by atomic mass is 16.3. The summed E-state index contributed by atoms with van der Waals surface area (Å²) in [5.74, 6) is 0.465. The maximum atomic E-state index is 11.6. The van der Waals surface area contributed by atoms with Gasteiger partial charge in [0.15, 0.2) is 0 Å². The van der Waals surface area contributed by atoms with Crippen LogP contribution in [0.3, 0.4) is 0 Å². The van der Waals surface area contributed by atoms with Gasteiger partial charge in [0.1, 0.15) is 11.6 Å². The van der Waals surface area contributed by atoms with E-state index in [1.54, 1.807) is 0 Å². The second-order valence-electron chi connectivity index (χ2n) is 3.77. The Bertz CT molecular complexity index is 402. The van der Waals surface area contributed by atoms with E-state index in [-0.39, 0.29) is 36.0 Å².